The first-order valence-corrected chi connectivity index (χ1v) is 8.37. The molecule has 2 rings (SSSR count). The minimum absolute atomic E-state index is 0.162. The van der Waals surface area contributed by atoms with Gasteiger partial charge in [0, 0.05) is 12.8 Å². The summed E-state index contributed by atoms with van der Waals surface area (Å²) in [6, 6.07) is 6.52. The number of nitrogens with one attached hydrogen (secondary N) is 1. The Morgan fingerprint density at radius 2 is 2.08 bits per heavy atom. The number of nitriles is 1. The van der Waals surface area contributed by atoms with Gasteiger partial charge in [-0.15, -0.1) is 0 Å². The molecule has 0 amide bonds. The highest BCUT2D eigenvalue weighted by atomic mass is 19.1. The van der Waals surface area contributed by atoms with Crippen molar-refractivity contribution in [3.8, 4) is 6.07 Å². The quantitative estimate of drug-likeness (QED) is 0.816. The average Bonchev–Trinajstić information content (AvgIpc) is 2.54. The fraction of sp³-hybridized carbons (Fsp3) is 0.400. The molecular weight excluding hydrogens is 335 g/mol. The molecule has 1 aromatic carbocycles. The molecule has 1 atom stereocenters. The Hall–Kier alpha value is -2.65. The van der Waals surface area contributed by atoms with E-state index in [1.165, 1.54) is 19.2 Å². The molecule has 0 saturated heterocycles. The first-order valence-electron chi connectivity index (χ1n) is 8.37. The third-order valence-corrected chi connectivity index (χ3v) is 4.16. The van der Waals surface area contributed by atoms with E-state index in [0.29, 0.717) is 33.7 Å². The Morgan fingerprint density at radius 1 is 1.38 bits per heavy atom. The van der Waals surface area contributed by atoms with Crippen molar-refractivity contribution in [2.24, 2.45) is 0 Å². The molecule has 26 heavy (non-hydrogen) atoms. The molecule has 5 nitrogen and oxygen atoms in total. The maximum Gasteiger partial charge on any atom is 0.337 e. The van der Waals surface area contributed by atoms with Crippen LogP contribution in [-0.2, 0) is 14.3 Å². The smallest absolute Gasteiger partial charge is 0.337 e. The molecule has 0 radical (unpaired) electrons. The SMILES string of the molecule is COCC1=C(C(=O)OC(C)C)C(c2ccc(F)cc2C)C(C#N)=C(C)N1. The summed E-state index contributed by atoms with van der Waals surface area (Å²) in [5.74, 6) is -1.53. The standard InChI is InChI=1S/C20H23FN2O3/c1-11(2)26-20(24)19-17(10-25-5)23-13(4)16(9-22)18(19)15-7-6-14(21)8-12(15)3/h6-8,11,18,23H,10H2,1-5H3. The highest BCUT2D eigenvalue weighted by Crippen LogP contribution is 2.40. The second-order valence-corrected chi connectivity index (χ2v) is 6.49. The third kappa shape index (κ3) is 3.94. The van der Waals surface area contributed by atoms with Crippen molar-refractivity contribution in [3.05, 3.63) is 57.7 Å². The minimum Gasteiger partial charge on any atom is -0.460 e. The monoisotopic (exact) mass is 358 g/mol. The number of carbonyl (C=O) groups excluding carboxylic acids is 1. The van der Waals surface area contributed by atoms with Crippen LogP contribution in [0.3, 0.4) is 0 Å². The molecule has 0 saturated carbocycles. The van der Waals surface area contributed by atoms with Gasteiger partial charge in [0.1, 0.15) is 5.82 Å². The van der Waals surface area contributed by atoms with Crippen molar-refractivity contribution in [1.29, 1.82) is 5.26 Å². The Balaban J connectivity index is 2.70. The summed E-state index contributed by atoms with van der Waals surface area (Å²) in [5.41, 5.74) is 3.24. The van der Waals surface area contributed by atoms with E-state index in [1.807, 2.05) is 0 Å². The highest BCUT2D eigenvalue weighted by Gasteiger charge is 2.36. The van der Waals surface area contributed by atoms with Gasteiger partial charge in [0.2, 0.25) is 0 Å². The zero-order chi connectivity index (χ0) is 19.4. The summed E-state index contributed by atoms with van der Waals surface area (Å²) in [5, 5.41) is 12.8. The van der Waals surface area contributed by atoms with Gasteiger partial charge in [-0.05, 0) is 51.0 Å². The maximum absolute atomic E-state index is 13.6. The fourth-order valence-corrected chi connectivity index (χ4v) is 3.10. The van der Waals surface area contributed by atoms with Gasteiger partial charge in [0.05, 0.1) is 41.5 Å². The molecule has 1 N–H and O–H groups in total. The van der Waals surface area contributed by atoms with Crippen LogP contribution in [0.1, 0.15) is 37.8 Å². The predicted octanol–water partition coefficient (Wildman–Crippen LogP) is 3.47. The van der Waals surface area contributed by atoms with E-state index < -0.39 is 11.9 Å². The van der Waals surface area contributed by atoms with Crippen molar-refractivity contribution >= 4 is 5.97 Å². The van der Waals surface area contributed by atoms with Crippen LogP contribution in [0.15, 0.2) is 40.7 Å². The van der Waals surface area contributed by atoms with Crippen LogP contribution in [0.2, 0.25) is 0 Å². The number of hydrogen-bond donors (Lipinski definition) is 1. The fourth-order valence-electron chi connectivity index (χ4n) is 3.10. The van der Waals surface area contributed by atoms with Crippen LogP contribution >= 0.6 is 0 Å². The second kappa shape index (κ2) is 8.15. The molecule has 1 unspecified atom stereocenters. The zero-order valence-electron chi connectivity index (χ0n) is 15.6. The lowest BCUT2D eigenvalue weighted by molar-refractivity contribution is -0.143. The normalized spacial score (nSPS) is 17.2. The summed E-state index contributed by atoms with van der Waals surface area (Å²) in [6.07, 6.45) is -0.314. The van der Waals surface area contributed by atoms with Gasteiger partial charge >= 0.3 is 5.97 Å². The zero-order valence-corrected chi connectivity index (χ0v) is 15.6. The predicted molar refractivity (Wildman–Crippen MR) is 95.5 cm³/mol. The molecule has 0 spiro atoms. The van der Waals surface area contributed by atoms with E-state index in [1.54, 1.807) is 33.8 Å². The number of dihydropyridines is 1. The highest BCUT2D eigenvalue weighted by molar-refractivity contribution is 5.93. The summed E-state index contributed by atoms with van der Waals surface area (Å²) in [4.78, 5) is 12.8. The van der Waals surface area contributed by atoms with E-state index >= 15 is 0 Å². The number of hydrogen-bond acceptors (Lipinski definition) is 5. The van der Waals surface area contributed by atoms with Gasteiger partial charge < -0.3 is 14.8 Å². The molecular formula is C20H23FN2O3. The molecule has 6 heteroatoms. The molecule has 1 aliphatic heterocycles. The second-order valence-electron chi connectivity index (χ2n) is 6.49. The molecule has 1 aliphatic rings. The number of ether oxygens (including phenoxy) is 2. The maximum atomic E-state index is 13.6. The van der Waals surface area contributed by atoms with Crippen molar-refractivity contribution < 1.29 is 18.7 Å². The van der Waals surface area contributed by atoms with E-state index in [9.17, 15) is 14.4 Å². The van der Waals surface area contributed by atoms with Crippen molar-refractivity contribution in [2.45, 2.75) is 39.7 Å². The van der Waals surface area contributed by atoms with Crippen LogP contribution in [0, 0.1) is 24.1 Å². The van der Waals surface area contributed by atoms with Crippen LogP contribution in [0.25, 0.3) is 0 Å². The number of aryl methyl sites for hydroxylation is 1. The number of esters is 1. The Bertz CT molecular complexity index is 819. The van der Waals surface area contributed by atoms with E-state index in [4.69, 9.17) is 9.47 Å². The molecule has 138 valence electrons. The molecule has 0 aliphatic carbocycles. The van der Waals surface area contributed by atoms with Crippen LogP contribution in [0.5, 0.6) is 0 Å². The van der Waals surface area contributed by atoms with Crippen molar-refractivity contribution in [1.82, 2.24) is 5.32 Å². The first kappa shape index (κ1) is 19.7. The number of allylic oxidation sites excluding steroid dienone is 2. The molecule has 0 fully saturated rings. The van der Waals surface area contributed by atoms with Crippen molar-refractivity contribution in [3.63, 3.8) is 0 Å². The summed E-state index contributed by atoms with van der Waals surface area (Å²) < 4.78 is 24.2. The summed E-state index contributed by atoms with van der Waals surface area (Å²) >= 11 is 0. The lowest BCUT2D eigenvalue weighted by Gasteiger charge is -2.30. The van der Waals surface area contributed by atoms with E-state index in [0.717, 1.165) is 0 Å². The Morgan fingerprint density at radius 3 is 2.62 bits per heavy atom. The van der Waals surface area contributed by atoms with Gasteiger partial charge in [-0.25, -0.2) is 9.18 Å². The lowest BCUT2D eigenvalue weighted by Crippen LogP contribution is -2.32. The summed E-state index contributed by atoms with van der Waals surface area (Å²) in [7, 11) is 1.52. The van der Waals surface area contributed by atoms with Gasteiger partial charge in [-0.2, -0.15) is 5.26 Å². The number of rotatable bonds is 5. The molecule has 0 aromatic heterocycles. The molecule has 1 heterocycles. The molecule has 0 bridgehead atoms. The van der Waals surface area contributed by atoms with Crippen molar-refractivity contribution in [2.75, 3.05) is 13.7 Å². The van der Waals surface area contributed by atoms with Crippen LogP contribution in [0.4, 0.5) is 4.39 Å². The van der Waals surface area contributed by atoms with Gasteiger partial charge in [-0.3, -0.25) is 0 Å². The number of nitrogens with zero attached hydrogens (tertiary/aromatic N) is 1. The van der Waals surface area contributed by atoms with Gasteiger partial charge in [0.15, 0.2) is 0 Å². The number of benzene rings is 1. The topological polar surface area (TPSA) is 71.3 Å². The van der Waals surface area contributed by atoms with Gasteiger partial charge in [0.25, 0.3) is 0 Å². The van der Waals surface area contributed by atoms with Gasteiger partial charge in [-0.1, -0.05) is 6.07 Å². The van der Waals surface area contributed by atoms with E-state index in [-0.39, 0.29) is 18.5 Å². The average molecular weight is 358 g/mol. The number of methoxy groups -OCH3 is 1. The number of carbonyl (C=O) groups is 1. The Kier molecular flexibility index (Phi) is 6.17. The lowest BCUT2D eigenvalue weighted by atomic mass is 9.79. The largest absolute Gasteiger partial charge is 0.460 e. The van der Waals surface area contributed by atoms with E-state index in [2.05, 4.69) is 11.4 Å². The number of halogens is 1. The Labute approximate surface area is 153 Å². The summed E-state index contributed by atoms with van der Waals surface area (Å²) in [6.45, 7) is 7.20. The minimum atomic E-state index is -0.641. The third-order valence-electron chi connectivity index (χ3n) is 4.16. The first-order chi connectivity index (χ1) is 12.3. The molecule has 1 aromatic rings. The van der Waals surface area contributed by atoms with Crippen LogP contribution in [-0.4, -0.2) is 25.8 Å². The van der Waals surface area contributed by atoms with Crippen LogP contribution < -0.4 is 5.32 Å².